The lowest BCUT2D eigenvalue weighted by Crippen LogP contribution is -2.13. The summed E-state index contributed by atoms with van der Waals surface area (Å²) in [4.78, 5) is 23.1. The minimum atomic E-state index is -0.144. The highest BCUT2D eigenvalue weighted by Gasteiger charge is 2.09. The number of hydrogen-bond donors (Lipinski definition) is 3. The van der Waals surface area contributed by atoms with Crippen molar-refractivity contribution in [3.05, 3.63) is 41.2 Å². The number of H-pyrrole nitrogens is 1. The molecule has 2 rings (SSSR count). The normalized spacial score (nSPS) is 10.3. The molecule has 6 heteroatoms. The molecule has 0 saturated heterocycles. The number of amides is 2. The van der Waals surface area contributed by atoms with Gasteiger partial charge in [-0.25, -0.2) is 0 Å². The predicted molar refractivity (Wildman–Crippen MR) is 85.8 cm³/mol. The summed E-state index contributed by atoms with van der Waals surface area (Å²) < 4.78 is 0. The number of aryl methyl sites for hydroxylation is 2. The zero-order valence-corrected chi connectivity index (χ0v) is 13.0. The van der Waals surface area contributed by atoms with E-state index in [1.54, 1.807) is 24.3 Å². The molecule has 0 aliphatic rings. The molecule has 1 aromatic carbocycles. The van der Waals surface area contributed by atoms with E-state index in [0.29, 0.717) is 24.2 Å². The number of hydrogen-bond acceptors (Lipinski definition) is 3. The minimum absolute atomic E-state index is 0.0695. The van der Waals surface area contributed by atoms with Crippen molar-refractivity contribution in [3.63, 3.8) is 0 Å². The van der Waals surface area contributed by atoms with Gasteiger partial charge in [0.2, 0.25) is 11.8 Å². The van der Waals surface area contributed by atoms with Crippen LogP contribution in [-0.4, -0.2) is 22.0 Å². The van der Waals surface area contributed by atoms with Crippen LogP contribution in [0.2, 0.25) is 0 Å². The molecule has 22 heavy (non-hydrogen) atoms. The predicted octanol–water partition coefficient (Wildman–Crippen LogP) is 2.56. The van der Waals surface area contributed by atoms with E-state index in [9.17, 15) is 9.59 Å². The Hall–Kier alpha value is -2.63. The van der Waals surface area contributed by atoms with Crippen molar-refractivity contribution >= 4 is 23.2 Å². The largest absolute Gasteiger partial charge is 0.326 e. The van der Waals surface area contributed by atoms with E-state index < -0.39 is 0 Å². The summed E-state index contributed by atoms with van der Waals surface area (Å²) in [6.45, 7) is 5.32. The number of aromatic amines is 1. The molecule has 1 aromatic heterocycles. The first kappa shape index (κ1) is 15.8. The average Bonchev–Trinajstić information content (AvgIpc) is 2.75. The van der Waals surface area contributed by atoms with Gasteiger partial charge in [0.15, 0.2) is 0 Å². The van der Waals surface area contributed by atoms with Crippen LogP contribution in [0.25, 0.3) is 0 Å². The van der Waals surface area contributed by atoms with Crippen LogP contribution in [0.3, 0.4) is 0 Å². The number of carbonyl (C=O) groups is 2. The van der Waals surface area contributed by atoms with Crippen LogP contribution >= 0.6 is 0 Å². The first-order valence-corrected chi connectivity index (χ1v) is 7.13. The van der Waals surface area contributed by atoms with E-state index in [4.69, 9.17) is 0 Å². The van der Waals surface area contributed by atoms with Gasteiger partial charge in [0.25, 0.3) is 0 Å². The van der Waals surface area contributed by atoms with Gasteiger partial charge in [-0.15, -0.1) is 0 Å². The third kappa shape index (κ3) is 4.18. The van der Waals surface area contributed by atoms with E-state index in [1.807, 2.05) is 13.8 Å². The molecule has 2 aromatic rings. The average molecular weight is 300 g/mol. The maximum absolute atomic E-state index is 12.0. The molecule has 2 amide bonds. The fourth-order valence-electron chi connectivity index (χ4n) is 2.28. The van der Waals surface area contributed by atoms with E-state index >= 15 is 0 Å². The zero-order valence-electron chi connectivity index (χ0n) is 13.0. The maximum atomic E-state index is 12.0. The molecule has 3 N–H and O–H groups in total. The Kier molecular flexibility index (Phi) is 4.93. The highest BCUT2D eigenvalue weighted by atomic mass is 16.2. The number of carbonyl (C=O) groups excluding carboxylic acids is 2. The number of nitrogens with zero attached hydrogens (tertiary/aromatic N) is 1. The van der Waals surface area contributed by atoms with Gasteiger partial charge in [0, 0.05) is 30.4 Å². The van der Waals surface area contributed by atoms with Crippen molar-refractivity contribution in [1.29, 1.82) is 0 Å². The van der Waals surface area contributed by atoms with E-state index in [0.717, 1.165) is 17.0 Å². The Morgan fingerprint density at radius 2 is 1.86 bits per heavy atom. The smallest absolute Gasteiger partial charge is 0.224 e. The molecular formula is C16H20N4O2. The lowest BCUT2D eigenvalue weighted by molar-refractivity contribution is -0.116. The van der Waals surface area contributed by atoms with Gasteiger partial charge >= 0.3 is 0 Å². The molecule has 0 bridgehead atoms. The molecule has 6 nitrogen and oxygen atoms in total. The molecule has 0 aliphatic heterocycles. The first-order chi connectivity index (χ1) is 10.5. The van der Waals surface area contributed by atoms with Crippen LogP contribution in [0.4, 0.5) is 11.4 Å². The van der Waals surface area contributed by atoms with Gasteiger partial charge in [-0.2, -0.15) is 5.10 Å². The zero-order chi connectivity index (χ0) is 16.1. The minimum Gasteiger partial charge on any atom is -0.326 e. The van der Waals surface area contributed by atoms with Crippen LogP contribution in [0.5, 0.6) is 0 Å². The van der Waals surface area contributed by atoms with E-state index in [1.165, 1.54) is 6.92 Å². The summed E-state index contributed by atoms with van der Waals surface area (Å²) in [6, 6.07) is 7.08. The second kappa shape index (κ2) is 6.89. The maximum Gasteiger partial charge on any atom is 0.224 e. The summed E-state index contributed by atoms with van der Waals surface area (Å²) in [6.07, 6.45) is 1.02. The van der Waals surface area contributed by atoms with Gasteiger partial charge in [-0.05, 0) is 44.0 Å². The summed E-state index contributed by atoms with van der Waals surface area (Å²) in [5.74, 6) is -0.214. The Balaban J connectivity index is 1.93. The van der Waals surface area contributed by atoms with Crippen molar-refractivity contribution in [2.45, 2.75) is 33.6 Å². The molecule has 0 fully saturated rings. The molecule has 0 atom stereocenters. The van der Waals surface area contributed by atoms with Crippen LogP contribution in [0.15, 0.2) is 24.3 Å². The standard InChI is InChI=1S/C16H20N4O2/c1-10-15(11(2)20-19-10)7-8-16(22)18-14-6-4-5-13(9-14)17-12(3)21/h4-6,9H,7-8H2,1-3H3,(H,17,21)(H,18,22)(H,19,20). The lowest BCUT2D eigenvalue weighted by atomic mass is 10.1. The summed E-state index contributed by atoms with van der Waals surface area (Å²) in [5.41, 5.74) is 4.33. The Morgan fingerprint density at radius 1 is 1.18 bits per heavy atom. The van der Waals surface area contributed by atoms with Crippen LogP contribution < -0.4 is 10.6 Å². The van der Waals surface area contributed by atoms with Gasteiger partial charge in [0.05, 0.1) is 5.69 Å². The Morgan fingerprint density at radius 3 is 2.45 bits per heavy atom. The van der Waals surface area contributed by atoms with Crippen molar-refractivity contribution in [1.82, 2.24) is 10.2 Å². The fourth-order valence-corrected chi connectivity index (χ4v) is 2.28. The van der Waals surface area contributed by atoms with Crippen LogP contribution in [0.1, 0.15) is 30.3 Å². The second-order valence-corrected chi connectivity index (χ2v) is 5.22. The lowest BCUT2D eigenvalue weighted by Gasteiger charge is -2.08. The van der Waals surface area contributed by atoms with Crippen LogP contribution in [0, 0.1) is 13.8 Å². The number of aromatic nitrogens is 2. The van der Waals surface area contributed by atoms with Crippen molar-refractivity contribution < 1.29 is 9.59 Å². The first-order valence-electron chi connectivity index (χ1n) is 7.13. The summed E-state index contributed by atoms with van der Waals surface area (Å²) >= 11 is 0. The topological polar surface area (TPSA) is 86.9 Å². The van der Waals surface area contributed by atoms with Crippen molar-refractivity contribution in [3.8, 4) is 0 Å². The molecule has 0 spiro atoms. The highest BCUT2D eigenvalue weighted by molar-refractivity contribution is 5.93. The molecule has 0 aliphatic carbocycles. The fraction of sp³-hybridized carbons (Fsp3) is 0.312. The van der Waals surface area contributed by atoms with Gasteiger partial charge in [-0.1, -0.05) is 6.07 Å². The Bertz CT molecular complexity index is 672. The van der Waals surface area contributed by atoms with Crippen molar-refractivity contribution in [2.24, 2.45) is 0 Å². The third-order valence-electron chi connectivity index (χ3n) is 3.35. The molecule has 1 heterocycles. The molecule has 0 saturated carbocycles. The third-order valence-corrected chi connectivity index (χ3v) is 3.35. The second-order valence-electron chi connectivity index (χ2n) is 5.22. The number of nitrogens with one attached hydrogen (secondary N) is 3. The highest BCUT2D eigenvalue weighted by Crippen LogP contribution is 2.16. The number of benzene rings is 1. The number of rotatable bonds is 5. The molecular weight excluding hydrogens is 280 g/mol. The molecule has 0 radical (unpaired) electrons. The van der Waals surface area contributed by atoms with Gasteiger partial charge < -0.3 is 10.6 Å². The quantitative estimate of drug-likeness (QED) is 0.793. The van der Waals surface area contributed by atoms with Crippen LogP contribution in [-0.2, 0) is 16.0 Å². The number of anilines is 2. The summed E-state index contributed by atoms with van der Waals surface area (Å²) in [5, 5.41) is 12.6. The van der Waals surface area contributed by atoms with Gasteiger partial charge in [0.1, 0.15) is 0 Å². The summed E-state index contributed by atoms with van der Waals surface area (Å²) in [7, 11) is 0. The van der Waals surface area contributed by atoms with E-state index in [-0.39, 0.29) is 11.8 Å². The molecule has 0 unspecified atom stereocenters. The van der Waals surface area contributed by atoms with E-state index in [2.05, 4.69) is 20.8 Å². The SMILES string of the molecule is CC(=O)Nc1cccc(NC(=O)CCc2c(C)n[nH]c2C)c1. The van der Waals surface area contributed by atoms with Crippen molar-refractivity contribution in [2.75, 3.05) is 10.6 Å². The Labute approximate surface area is 129 Å². The molecule has 116 valence electrons. The van der Waals surface area contributed by atoms with Gasteiger partial charge in [-0.3, -0.25) is 14.7 Å². The monoisotopic (exact) mass is 300 g/mol.